The van der Waals surface area contributed by atoms with E-state index in [1.54, 1.807) is 12.4 Å². The van der Waals surface area contributed by atoms with Crippen molar-refractivity contribution in [2.45, 2.75) is 26.3 Å². The Bertz CT molecular complexity index is 1250. The molecule has 3 heterocycles. The highest BCUT2D eigenvalue weighted by Gasteiger charge is 2.31. The van der Waals surface area contributed by atoms with Gasteiger partial charge in [-0.3, -0.25) is 4.79 Å². The van der Waals surface area contributed by atoms with E-state index in [1.165, 1.54) is 11.2 Å². The molecule has 0 radical (unpaired) electrons. The molecule has 1 fully saturated rings. The Balaban J connectivity index is 1.46. The van der Waals surface area contributed by atoms with E-state index in [4.69, 9.17) is 9.26 Å². The lowest BCUT2D eigenvalue weighted by Gasteiger charge is -2.36. The maximum absolute atomic E-state index is 13.8. The third-order valence-electron chi connectivity index (χ3n) is 5.80. The van der Waals surface area contributed by atoms with E-state index in [2.05, 4.69) is 20.3 Å². The first-order valence-electron chi connectivity index (χ1n) is 10.8. The van der Waals surface area contributed by atoms with Gasteiger partial charge in [-0.25, -0.2) is 0 Å². The molecule has 168 valence electrons. The number of amides is 1. The maximum Gasteiger partial charge on any atom is 0.256 e. The molecule has 9 nitrogen and oxygen atoms in total. The average Bonchev–Trinajstić information content (AvgIpc) is 3.53. The highest BCUT2D eigenvalue weighted by molar-refractivity contribution is 5.98. The van der Waals surface area contributed by atoms with Crippen LogP contribution in [0.4, 0.5) is 0 Å². The van der Waals surface area contributed by atoms with Crippen LogP contribution in [0.15, 0.2) is 59.7 Å². The summed E-state index contributed by atoms with van der Waals surface area (Å²) in [5.74, 6) is 0.494. The van der Waals surface area contributed by atoms with Crippen LogP contribution in [0, 0.1) is 13.8 Å². The van der Waals surface area contributed by atoms with Crippen molar-refractivity contribution in [2.24, 2.45) is 0 Å². The van der Waals surface area contributed by atoms with Crippen molar-refractivity contribution in [3.63, 3.8) is 0 Å². The van der Waals surface area contributed by atoms with Gasteiger partial charge in [-0.05, 0) is 49.1 Å². The van der Waals surface area contributed by atoms with E-state index in [0.717, 1.165) is 22.3 Å². The summed E-state index contributed by atoms with van der Waals surface area (Å²) in [5, 5.41) is 12.5. The van der Waals surface area contributed by atoms with E-state index < -0.39 is 0 Å². The van der Waals surface area contributed by atoms with Crippen LogP contribution < -0.4 is 0 Å². The molecule has 1 unspecified atom stereocenters. The second-order valence-electron chi connectivity index (χ2n) is 8.18. The number of hydrogen-bond acceptors (Lipinski definition) is 7. The number of morpholine rings is 1. The molecule has 5 rings (SSSR count). The van der Waals surface area contributed by atoms with Crippen molar-refractivity contribution in [1.82, 2.24) is 30.0 Å². The van der Waals surface area contributed by atoms with Crippen LogP contribution in [0.25, 0.3) is 17.1 Å². The molecular formula is C24H24N6O3. The first-order valence-corrected chi connectivity index (χ1v) is 10.8. The molecule has 9 heteroatoms. The van der Waals surface area contributed by atoms with Crippen molar-refractivity contribution >= 4 is 5.91 Å². The Hall–Kier alpha value is -3.85. The lowest BCUT2D eigenvalue weighted by atomic mass is 9.99. The molecule has 0 spiro atoms. The quantitative estimate of drug-likeness (QED) is 0.466. The summed E-state index contributed by atoms with van der Waals surface area (Å²) in [6, 6.07) is 11.8. The topological polar surface area (TPSA) is 99.2 Å². The van der Waals surface area contributed by atoms with Crippen LogP contribution in [-0.2, 0) is 11.2 Å². The largest absolute Gasteiger partial charge is 0.377 e. The Kier molecular flexibility index (Phi) is 5.70. The molecule has 0 bridgehead atoms. The van der Waals surface area contributed by atoms with Gasteiger partial charge in [-0.1, -0.05) is 29.4 Å². The van der Waals surface area contributed by atoms with Gasteiger partial charge in [0.15, 0.2) is 0 Å². The standard InChI is InChI=1S/C24H24N6O3/c1-16-10-17(2)22(30-26-6-7-27-30)21(11-16)24(31)29-8-9-32-14-20(29)13-18-4-3-5-19(12-18)23-25-15-33-28-23/h3-7,10-12,15,20H,8-9,13-14H2,1-2H3. The van der Waals surface area contributed by atoms with Gasteiger partial charge in [0.2, 0.25) is 12.2 Å². The molecule has 33 heavy (non-hydrogen) atoms. The second-order valence-corrected chi connectivity index (χ2v) is 8.18. The van der Waals surface area contributed by atoms with Gasteiger partial charge >= 0.3 is 0 Å². The number of rotatable bonds is 5. The van der Waals surface area contributed by atoms with Crippen molar-refractivity contribution < 1.29 is 14.1 Å². The molecule has 1 saturated heterocycles. The molecule has 0 aliphatic carbocycles. The Morgan fingerprint density at radius 2 is 2.00 bits per heavy atom. The fourth-order valence-corrected chi connectivity index (χ4v) is 4.37. The molecular weight excluding hydrogens is 420 g/mol. The number of benzene rings is 2. The molecule has 0 saturated carbocycles. The maximum atomic E-state index is 13.8. The number of carbonyl (C=O) groups is 1. The third kappa shape index (κ3) is 4.27. The minimum absolute atomic E-state index is 0.0447. The van der Waals surface area contributed by atoms with Crippen molar-refractivity contribution in [3.8, 4) is 17.1 Å². The summed E-state index contributed by atoms with van der Waals surface area (Å²) < 4.78 is 10.6. The SMILES string of the molecule is Cc1cc(C)c(-n2nccn2)c(C(=O)N2CCOCC2Cc2cccc(-c3ncon3)c2)c1. The Labute approximate surface area is 191 Å². The number of aryl methyl sites for hydroxylation is 2. The fourth-order valence-electron chi connectivity index (χ4n) is 4.37. The molecule has 2 aromatic carbocycles. The molecule has 0 N–H and O–H groups in total. The van der Waals surface area contributed by atoms with Gasteiger partial charge in [0, 0.05) is 12.1 Å². The summed E-state index contributed by atoms with van der Waals surface area (Å²) in [7, 11) is 0. The van der Waals surface area contributed by atoms with E-state index >= 15 is 0 Å². The number of nitrogens with zero attached hydrogens (tertiary/aromatic N) is 6. The molecule has 2 aromatic heterocycles. The van der Waals surface area contributed by atoms with Crippen LogP contribution in [0.3, 0.4) is 0 Å². The minimum atomic E-state index is -0.106. The van der Waals surface area contributed by atoms with Gasteiger partial charge in [0.05, 0.1) is 37.2 Å². The molecule has 1 aliphatic rings. The van der Waals surface area contributed by atoms with Gasteiger partial charge < -0.3 is 14.2 Å². The van der Waals surface area contributed by atoms with Gasteiger partial charge in [-0.2, -0.15) is 20.0 Å². The van der Waals surface area contributed by atoms with Crippen LogP contribution in [-0.4, -0.2) is 61.7 Å². The first-order chi connectivity index (χ1) is 16.1. The molecule has 1 aliphatic heterocycles. The summed E-state index contributed by atoms with van der Waals surface area (Å²) in [6.07, 6.45) is 5.19. The molecule has 1 amide bonds. The average molecular weight is 444 g/mol. The van der Waals surface area contributed by atoms with Crippen molar-refractivity contribution in [1.29, 1.82) is 0 Å². The number of ether oxygens (including phenoxy) is 1. The van der Waals surface area contributed by atoms with Gasteiger partial charge in [0.25, 0.3) is 5.91 Å². The lowest BCUT2D eigenvalue weighted by molar-refractivity contribution is -0.00165. The van der Waals surface area contributed by atoms with E-state index in [9.17, 15) is 4.79 Å². The zero-order valence-electron chi connectivity index (χ0n) is 18.5. The number of hydrogen-bond donors (Lipinski definition) is 0. The first kappa shape index (κ1) is 21.0. The Morgan fingerprint density at radius 1 is 1.15 bits per heavy atom. The van der Waals surface area contributed by atoms with Crippen LogP contribution in [0.5, 0.6) is 0 Å². The monoisotopic (exact) mass is 444 g/mol. The minimum Gasteiger partial charge on any atom is -0.377 e. The van der Waals surface area contributed by atoms with Crippen molar-refractivity contribution in [2.75, 3.05) is 19.8 Å². The van der Waals surface area contributed by atoms with Gasteiger partial charge in [-0.15, -0.1) is 0 Å². The lowest BCUT2D eigenvalue weighted by Crippen LogP contribution is -2.50. The number of aromatic nitrogens is 5. The summed E-state index contributed by atoms with van der Waals surface area (Å²) >= 11 is 0. The highest BCUT2D eigenvalue weighted by atomic mass is 16.5. The molecule has 1 atom stereocenters. The van der Waals surface area contributed by atoms with Crippen LogP contribution in [0.1, 0.15) is 27.0 Å². The van der Waals surface area contributed by atoms with Crippen molar-refractivity contribution in [3.05, 3.63) is 77.4 Å². The highest BCUT2D eigenvalue weighted by Crippen LogP contribution is 2.25. The normalized spacial score (nSPS) is 16.2. The third-order valence-corrected chi connectivity index (χ3v) is 5.80. The molecule has 4 aromatic rings. The van der Waals surface area contributed by atoms with E-state index in [0.29, 0.717) is 43.3 Å². The smallest absolute Gasteiger partial charge is 0.256 e. The fraction of sp³-hybridized carbons (Fsp3) is 0.292. The summed E-state index contributed by atoms with van der Waals surface area (Å²) in [4.78, 5) is 21.4. The van der Waals surface area contributed by atoms with E-state index in [1.807, 2.05) is 55.1 Å². The van der Waals surface area contributed by atoms with Crippen LogP contribution in [0.2, 0.25) is 0 Å². The zero-order valence-corrected chi connectivity index (χ0v) is 18.5. The predicted octanol–water partition coefficient (Wildman–Crippen LogP) is 3.02. The zero-order chi connectivity index (χ0) is 22.8. The summed E-state index contributed by atoms with van der Waals surface area (Å²) in [5.41, 5.74) is 5.21. The van der Waals surface area contributed by atoms with E-state index in [-0.39, 0.29) is 11.9 Å². The van der Waals surface area contributed by atoms with Gasteiger partial charge in [0.1, 0.15) is 5.69 Å². The Morgan fingerprint density at radius 3 is 2.79 bits per heavy atom. The predicted molar refractivity (Wildman–Crippen MR) is 120 cm³/mol. The second kappa shape index (κ2) is 8.95. The summed E-state index contributed by atoms with van der Waals surface area (Å²) in [6.45, 7) is 5.46. The number of carbonyl (C=O) groups excluding carboxylic acids is 1. The van der Waals surface area contributed by atoms with Crippen LogP contribution >= 0.6 is 0 Å².